The Morgan fingerprint density at radius 2 is 0.793 bits per heavy atom. The van der Waals surface area contributed by atoms with Gasteiger partial charge in [-0.1, -0.05) is 299 Å². The molecule has 14 heteroatoms. The average molecular weight is 1230 g/mol. The number of carbonyl (C=O) groups is 1. The molecular formula is C73H133NO13. The summed E-state index contributed by atoms with van der Waals surface area (Å²) in [6.07, 6.45) is 59.5. The lowest BCUT2D eigenvalue weighted by Crippen LogP contribution is -2.65. The molecule has 508 valence electrons. The van der Waals surface area contributed by atoms with Gasteiger partial charge in [0.1, 0.15) is 48.8 Å². The van der Waals surface area contributed by atoms with Crippen LogP contribution in [-0.2, 0) is 23.7 Å². The van der Waals surface area contributed by atoms with E-state index < -0.39 is 86.8 Å². The lowest BCUT2D eigenvalue weighted by atomic mass is 9.97. The van der Waals surface area contributed by atoms with E-state index in [4.69, 9.17) is 18.9 Å². The summed E-state index contributed by atoms with van der Waals surface area (Å²) in [7, 11) is 0. The molecule has 12 unspecified atom stereocenters. The number of carbonyl (C=O) groups excluding carboxylic acids is 1. The lowest BCUT2D eigenvalue weighted by Gasteiger charge is -2.46. The Hall–Kier alpha value is -2.31. The number of amides is 1. The molecular weight excluding hydrogens is 1100 g/mol. The first-order valence-corrected chi connectivity index (χ1v) is 36.0. The van der Waals surface area contributed by atoms with Crippen LogP contribution in [0.3, 0.4) is 0 Å². The van der Waals surface area contributed by atoms with Crippen LogP contribution in [-0.4, -0.2) is 140 Å². The van der Waals surface area contributed by atoms with Crippen molar-refractivity contribution < 1.29 is 64.6 Å². The molecule has 14 nitrogen and oxygen atoms in total. The predicted molar refractivity (Wildman–Crippen MR) is 355 cm³/mol. The van der Waals surface area contributed by atoms with E-state index in [2.05, 4.69) is 79.9 Å². The van der Waals surface area contributed by atoms with Gasteiger partial charge in [-0.3, -0.25) is 4.79 Å². The van der Waals surface area contributed by atoms with Gasteiger partial charge in [0.15, 0.2) is 12.6 Å². The highest BCUT2D eigenvalue weighted by Crippen LogP contribution is 2.30. The molecule has 2 aliphatic rings. The minimum Gasteiger partial charge on any atom is -0.394 e. The molecule has 0 bridgehead atoms. The van der Waals surface area contributed by atoms with E-state index in [1.165, 1.54) is 186 Å². The number of ether oxygens (including phenoxy) is 4. The van der Waals surface area contributed by atoms with Crippen LogP contribution in [0.15, 0.2) is 60.8 Å². The molecule has 0 aromatic heterocycles. The maximum Gasteiger partial charge on any atom is 0.220 e. The van der Waals surface area contributed by atoms with Gasteiger partial charge in [-0.25, -0.2) is 0 Å². The van der Waals surface area contributed by atoms with E-state index in [-0.39, 0.29) is 12.5 Å². The number of hydrogen-bond donors (Lipinski definition) is 9. The molecule has 2 heterocycles. The van der Waals surface area contributed by atoms with Crippen molar-refractivity contribution in [3.8, 4) is 0 Å². The minimum atomic E-state index is -1.79. The van der Waals surface area contributed by atoms with Crippen molar-refractivity contribution in [1.29, 1.82) is 0 Å². The monoisotopic (exact) mass is 1230 g/mol. The van der Waals surface area contributed by atoms with Crippen molar-refractivity contribution in [3.05, 3.63) is 60.8 Å². The van der Waals surface area contributed by atoms with Gasteiger partial charge in [0.2, 0.25) is 5.91 Å². The number of aliphatic hydroxyl groups is 8. The van der Waals surface area contributed by atoms with Crippen LogP contribution in [0.25, 0.3) is 0 Å². The van der Waals surface area contributed by atoms with Gasteiger partial charge in [-0.05, 0) is 57.8 Å². The molecule has 2 aliphatic heterocycles. The Bertz CT molecular complexity index is 1690. The number of aliphatic hydroxyl groups excluding tert-OH is 8. The summed E-state index contributed by atoms with van der Waals surface area (Å²) in [6, 6.07) is -0.837. The average Bonchev–Trinajstić information content (AvgIpc) is 2.50. The van der Waals surface area contributed by atoms with Crippen molar-refractivity contribution in [1.82, 2.24) is 5.32 Å². The maximum absolute atomic E-state index is 13.4. The first kappa shape index (κ1) is 80.8. The van der Waals surface area contributed by atoms with Gasteiger partial charge < -0.3 is 65.1 Å². The van der Waals surface area contributed by atoms with Gasteiger partial charge in [-0.15, -0.1) is 0 Å². The second kappa shape index (κ2) is 57.6. The van der Waals surface area contributed by atoms with Crippen molar-refractivity contribution in [2.45, 2.75) is 376 Å². The van der Waals surface area contributed by atoms with Gasteiger partial charge in [-0.2, -0.15) is 0 Å². The Balaban J connectivity index is 1.67. The molecule has 0 saturated carbocycles. The summed E-state index contributed by atoms with van der Waals surface area (Å²) in [6.45, 7) is 2.78. The topological polar surface area (TPSA) is 228 Å². The van der Waals surface area contributed by atoms with Gasteiger partial charge >= 0.3 is 0 Å². The Kier molecular flexibility index (Phi) is 53.5. The minimum absolute atomic E-state index is 0.211. The van der Waals surface area contributed by atoms with Crippen molar-refractivity contribution in [2.75, 3.05) is 19.8 Å². The quantitative estimate of drug-likeness (QED) is 0.0204. The first-order valence-electron chi connectivity index (χ1n) is 36.0. The molecule has 1 amide bonds. The van der Waals surface area contributed by atoms with Crippen molar-refractivity contribution in [2.24, 2.45) is 0 Å². The lowest BCUT2D eigenvalue weighted by molar-refractivity contribution is -0.359. The Labute approximate surface area is 530 Å². The third-order valence-electron chi connectivity index (χ3n) is 17.5. The van der Waals surface area contributed by atoms with E-state index >= 15 is 0 Å². The van der Waals surface area contributed by atoms with Gasteiger partial charge in [0.05, 0.1) is 32.0 Å². The highest BCUT2D eigenvalue weighted by atomic mass is 16.7. The summed E-state index contributed by atoms with van der Waals surface area (Å²) in [5.74, 6) is -0.211. The van der Waals surface area contributed by atoms with E-state index in [0.717, 1.165) is 83.5 Å². The number of hydrogen-bond acceptors (Lipinski definition) is 13. The van der Waals surface area contributed by atoms with E-state index in [1.807, 2.05) is 0 Å². The van der Waals surface area contributed by atoms with E-state index in [9.17, 15) is 45.6 Å². The van der Waals surface area contributed by atoms with Crippen LogP contribution in [0.5, 0.6) is 0 Å². The smallest absolute Gasteiger partial charge is 0.220 e. The zero-order valence-corrected chi connectivity index (χ0v) is 55.3. The largest absolute Gasteiger partial charge is 0.394 e. The van der Waals surface area contributed by atoms with Crippen LogP contribution < -0.4 is 5.32 Å². The van der Waals surface area contributed by atoms with Crippen molar-refractivity contribution in [3.63, 3.8) is 0 Å². The fraction of sp³-hybridized carbons (Fsp3) is 0.849. The van der Waals surface area contributed by atoms with E-state index in [0.29, 0.717) is 19.3 Å². The Morgan fingerprint density at radius 3 is 1.22 bits per heavy atom. The fourth-order valence-corrected chi connectivity index (χ4v) is 11.8. The maximum atomic E-state index is 13.4. The first-order chi connectivity index (χ1) is 42.6. The second-order valence-corrected chi connectivity index (χ2v) is 25.3. The van der Waals surface area contributed by atoms with Crippen LogP contribution in [0, 0.1) is 0 Å². The molecule has 0 radical (unpaired) electrons. The van der Waals surface area contributed by atoms with Crippen molar-refractivity contribution >= 4 is 5.91 Å². The number of unbranched alkanes of at least 4 members (excludes halogenated alkanes) is 36. The predicted octanol–water partition coefficient (Wildman–Crippen LogP) is 14.8. The van der Waals surface area contributed by atoms with Gasteiger partial charge in [0, 0.05) is 6.42 Å². The Morgan fingerprint density at radius 1 is 0.425 bits per heavy atom. The molecule has 12 atom stereocenters. The van der Waals surface area contributed by atoms with Crippen LogP contribution >= 0.6 is 0 Å². The van der Waals surface area contributed by atoms with Crippen LogP contribution in [0.4, 0.5) is 0 Å². The zero-order valence-electron chi connectivity index (χ0n) is 55.3. The summed E-state index contributed by atoms with van der Waals surface area (Å²) >= 11 is 0. The molecule has 2 fully saturated rings. The molecule has 2 rings (SSSR count). The highest BCUT2D eigenvalue weighted by molar-refractivity contribution is 5.76. The number of nitrogens with one attached hydrogen (secondary N) is 1. The number of rotatable bonds is 59. The molecule has 0 aromatic rings. The highest BCUT2D eigenvalue weighted by Gasteiger charge is 2.51. The summed E-state index contributed by atoms with van der Waals surface area (Å²) in [4.78, 5) is 13.4. The standard InChI is InChI=1S/C73H133NO13/c1-3-5-7-9-11-13-15-17-19-21-23-25-27-29-30-31-33-34-36-38-40-42-44-46-48-50-52-54-56-62(77)61(60-84-72-70(83)68(81)71(64(59-76)86-72)87-73-69(82)67(80)66(79)63(58-75)85-73)74-65(78)57-55-53-51-49-47-45-43-41-39-37-35-32-28-26-24-22-20-18-16-14-12-10-8-6-4-2/h6,8,12,14,18,20,24,26,32,35,61-64,66-73,75-77,79-83H,3-5,7,9-11,13,15-17,19,21-23,25,27-31,33-34,36-60H2,1-2H3,(H,74,78)/b8-6-,14-12-,20-18-,26-24-,35-32-. The van der Waals surface area contributed by atoms with Crippen LogP contribution in [0.1, 0.15) is 303 Å². The summed E-state index contributed by atoms with van der Waals surface area (Å²) in [5.41, 5.74) is 0. The molecule has 0 aliphatic carbocycles. The molecule has 87 heavy (non-hydrogen) atoms. The molecule has 0 spiro atoms. The zero-order chi connectivity index (χ0) is 63.1. The molecule has 0 aromatic carbocycles. The third kappa shape index (κ3) is 41.7. The second-order valence-electron chi connectivity index (χ2n) is 25.3. The van der Waals surface area contributed by atoms with E-state index in [1.54, 1.807) is 0 Å². The molecule has 2 saturated heterocycles. The molecule has 9 N–H and O–H groups in total. The third-order valence-corrected chi connectivity index (χ3v) is 17.5. The summed E-state index contributed by atoms with van der Waals surface area (Å²) < 4.78 is 22.9. The SMILES string of the molecule is CC/C=C\C/C=C\C/C=C\C/C=C\C/C=C\CCCCCCCCCCCC(=O)NC(COC1OC(CO)C(OC2OC(CO)C(O)C(O)C2O)C(O)C1O)C(O)CCCCCCCCCCCCCCCCCCCCCCCCCCCCCC. The van der Waals surface area contributed by atoms with Gasteiger partial charge in [0.25, 0.3) is 0 Å². The normalized spacial score (nSPS) is 23.6. The fourth-order valence-electron chi connectivity index (χ4n) is 11.8. The van der Waals surface area contributed by atoms with Crippen LogP contribution in [0.2, 0.25) is 0 Å². The number of allylic oxidation sites excluding steroid dienone is 10. The summed E-state index contributed by atoms with van der Waals surface area (Å²) in [5, 5.41) is 87.7.